The van der Waals surface area contributed by atoms with Gasteiger partial charge >= 0.3 is 0 Å². The summed E-state index contributed by atoms with van der Waals surface area (Å²) in [4.78, 5) is 0.661. The van der Waals surface area contributed by atoms with Crippen molar-refractivity contribution in [3.63, 3.8) is 0 Å². The fourth-order valence-electron chi connectivity index (χ4n) is 2.91. The third-order valence-electron chi connectivity index (χ3n) is 3.77. The molecule has 1 aromatic rings. The van der Waals surface area contributed by atoms with E-state index in [1.54, 1.807) is 0 Å². The van der Waals surface area contributed by atoms with Crippen LogP contribution < -0.4 is 10.9 Å². The molecule has 1 saturated heterocycles. The molecule has 2 aliphatic rings. The van der Waals surface area contributed by atoms with Crippen LogP contribution in [0.2, 0.25) is 0 Å². The lowest BCUT2D eigenvalue weighted by molar-refractivity contribution is 0.314. The number of hydrogen-bond donors (Lipinski definition) is 1. The Labute approximate surface area is 105 Å². The zero-order valence-electron chi connectivity index (χ0n) is 9.14. The molecule has 1 heterocycles. The van der Waals surface area contributed by atoms with Gasteiger partial charge in [0.2, 0.25) is 0 Å². The molecule has 0 bridgehead atoms. The van der Waals surface area contributed by atoms with Gasteiger partial charge in [0.1, 0.15) is 0 Å². The lowest BCUT2D eigenvalue weighted by atomic mass is 9.79. The number of alkyl halides is 1. The zero-order valence-corrected chi connectivity index (χ0v) is 10.7. The highest BCUT2D eigenvalue weighted by Gasteiger charge is 2.41. The van der Waals surface area contributed by atoms with Crippen molar-refractivity contribution in [1.82, 2.24) is 10.9 Å². The van der Waals surface area contributed by atoms with Gasteiger partial charge in [-0.25, -0.2) is 5.43 Å². The number of fused-ring (bicyclic) bond motifs is 1. The Kier molecular flexibility index (Phi) is 3.01. The van der Waals surface area contributed by atoms with Crippen LogP contribution in [0.15, 0.2) is 30.3 Å². The van der Waals surface area contributed by atoms with Crippen LogP contribution in [0.4, 0.5) is 0 Å². The van der Waals surface area contributed by atoms with Crippen LogP contribution >= 0.6 is 15.9 Å². The van der Waals surface area contributed by atoms with E-state index in [-0.39, 0.29) is 0 Å². The molecule has 16 heavy (non-hydrogen) atoms. The standard InChI is InChI=1S/C13H16BrN2/c14-10-6-7-11-12(8-10)15-16-13(11)9-4-2-1-3-5-9/h1-5,10-13,16H,6-8H2. The minimum absolute atomic E-state index is 0.436. The highest BCUT2D eigenvalue weighted by Crippen LogP contribution is 2.40. The number of benzene rings is 1. The van der Waals surface area contributed by atoms with Crippen LogP contribution in [0.3, 0.4) is 0 Å². The smallest absolute Gasteiger partial charge is 0.0522 e. The van der Waals surface area contributed by atoms with Crippen molar-refractivity contribution in [2.75, 3.05) is 0 Å². The average Bonchev–Trinajstić information content (AvgIpc) is 2.73. The summed E-state index contributed by atoms with van der Waals surface area (Å²) in [6.45, 7) is 0. The van der Waals surface area contributed by atoms with Crippen LogP contribution in [0.1, 0.15) is 30.9 Å². The lowest BCUT2D eigenvalue weighted by Gasteiger charge is -2.29. The molecule has 1 radical (unpaired) electrons. The SMILES string of the molecule is BrC1CCC2C(C1)[N]NC2c1ccccc1. The second-order valence-corrected chi connectivity index (χ2v) is 6.08. The summed E-state index contributed by atoms with van der Waals surface area (Å²) in [5, 5.41) is 0. The summed E-state index contributed by atoms with van der Waals surface area (Å²) in [7, 11) is 0. The van der Waals surface area contributed by atoms with Crippen molar-refractivity contribution in [2.45, 2.75) is 36.2 Å². The van der Waals surface area contributed by atoms with E-state index >= 15 is 0 Å². The summed E-state index contributed by atoms with van der Waals surface area (Å²) in [6, 6.07) is 11.6. The number of nitrogens with zero attached hydrogens (tertiary/aromatic N) is 1. The molecule has 1 aromatic carbocycles. The summed E-state index contributed by atoms with van der Waals surface area (Å²) < 4.78 is 0. The van der Waals surface area contributed by atoms with E-state index in [0.717, 1.165) is 0 Å². The molecule has 2 nitrogen and oxygen atoms in total. The van der Waals surface area contributed by atoms with Gasteiger partial charge in [0, 0.05) is 10.9 Å². The first kappa shape index (κ1) is 10.8. The fourth-order valence-corrected chi connectivity index (χ4v) is 3.56. The first-order valence-electron chi connectivity index (χ1n) is 5.99. The van der Waals surface area contributed by atoms with Crippen molar-refractivity contribution >= 4 is 15.9 Å². The van der Waals surface area contributed by atoms with Gasteiger partial charge in [-0.3, -0.25) is 0 Å². The Morgan fingerprint density at radius 2 is 2.00 bits per heavy atom. The second-order valence-electron chi connectivity index (χ2n) is 4.79. The summed E-state index contributed by atoms with van der Waals surface area (Å²) in [5.41, 5.74) is 9.31. The number of rotatable bonds is 1. The Hall–Kier alpha value is -0.380. The van der Waals surface area contributed by atoms with Crippen LogP contribution in [0.5, 0.6) is 0 Å². The number of nitrogens with one attached hydrogen (secondary N) is 1. The van der Waals surface area contributed by atoms with Crippen molar-refractivity contribution in [2.24, 2.45) is 5.92 Å². The fraction of sp³-hybridized carbons (Fsp3) is 0.538. The van der Waals surface area contributed by atoms with Crippen LogP contribution in [0, 0.1) is 5.92 Å². The predicted octanol–water partition coefficient (Wildman–Crippen LogP) is 2.78. The van der Waals surface area contributed by atoms with Gasteiger partial charge in [-0.15, -0.1) is 0 Å². The molecule has 2 fully saturated rings. The molecule has 4 unspecified atom stereocenters. The summed E-state index contributed by atoms with van der Waals surface area (Å²) >= 11 is 3.71. The normalized spacial score (nSPS) is 38.3. The maximum atomic E-state index is 4.59. The van der Waals surface area contributed by atoms with E-state index in [1.165, 1.54) is 24.8 Å². The quantitative estimate of drug-likeness (QED) is 0.787. The molecule has 0 aromatic heterocycles. The van der Waals surface area contributed by atoms with Gasteiger partial charge in [0.05, 0.1) is 6.04 Å². The Bertz CT molecular complexity index is 354. The van der Waals surface area contributed by atoms with E-state index in [0.29, 0.717) is 22.8 Å². The summed E-state index contributed by atoms with van der Waals surface area (Å²) in [5.74, 6) is 0.691. The number of hydrogen-bond acceptors (Lipinski definition) is 1. The van der Waals surface area contributed by atoms with Crippen LogP contribution in [-0.2, 0) is 0 Å². The molecule has 1 saturated carbocycles. The minimum atomic E-state index is 0.436. The van der Waals surface area contributed by atoms with E-state index in [1.807, 2.05) is 0 Å². The van der Waals surface area contributed by atoms with Crippen LogP contribution in [0.25, 0.3) is 0 Å². The first-order valence-corrected chi connectivity index (χ1v) is 6.90. The van der Waals surface area contributed by atoms with Crippen molar-refractivity contribution in [1.29, 1.82) is 0 Å². The maximum Gasteiger partial charge on any atom is 0.0522 e. The van der Waals surface area contributed by atoms with Crippen molar-refractivity contribution in [3.05, 3.63) is 35.9 Å². The van der Waals surface area contributed by atoms with E-state index in [4.69, 9.17) is 0 Å². The molecule has 1 N–H and O–H groups in total. The minimum Gasteiger partial charge on any atom is -0.232 e. The molecule has 1 aliphatic heterocycles. The van der Waals surface area contributed by atoms with Gasteiger partial charge in [0.25, 0.3) is 0 Å². The third-order valence-corrected chi connectivity index (χ3v) is 4.60. The molecular weight excluding hydrogens is 264 g/mol. The third kappa shape index (κ3) is 1.92. The molecule has 4 atom stereocenters. The van der Waals surface area contributed by atoms with E-state index < -0.39 is 0 Å². The molecule has 0 spiro atoms. The van der Waals surface area contributed by atoms with Gasteiger partial charge in [-0.1, -0.05) is 46.3 Å². The van der Waals surface area contributed by atoms with E-state index in [2.05, 4.69) is 57.1 Å². The zero-order chi connectivity index (χ0) is 11.0. The molecule has 0 amide bonds. The summed E-state index contributed by atoms with van der Waals surface area (Å²) in [6.07, 6.45) is 3.74. The topological polar surface area (TPSA) is 26.1 Å². The van der Waals surface area contributed by atoms with Gasteiger partial charge in [0.15, 0.2) is 0 Å². The predicted molar refractivity (Wildman–Crippen MR) is 68.3 cm³/mol. The first-order chi connectivity index (χ1) is 7.84. The monoisotopic (exact) mass is 279 g/mol. The molecule has 1 aliphatic carbocycles. The molecule has 3 heteroatoms. The van der Waals surface area contributed by atoms with E-state index in [9.17, 15) is 0 Å². The second kappa shape index (κ2) is 4.47. The van der Waals surface area contributed by atoms with Crippen LogP contribution in [-0.4, -0.2) is 10.9 Å². The highest BCUT2D eigenvalue weighted by atomic mass is 79.9. The Morgan fingerprint density at radius 1 is 1.19 bits per heavy atom. The Morgan fingerprint density at radius 3 is 2.81 bits per heavy atom. The van der Waals surface area contributed by atoms with Gasteiger partial charge in [-0.2, -0.15) is 5.43 Å². The van der Waals surface area contributed by atoms with Crippen molar-refractivity contribution in [3.8, 4) is 0 Å². The maximum absolute atomic E-state index is 4.59. The van der Waals surface area contributed by atoms with Gasteiger partial charge < -0.3 is 0 Å². The molecule has 3 rings (SSSR count). The Balaban J connectivity index is 1.79. The molecule has 85 valence electrons. The van der Waals surface area contributed by atoms with Crippen molar-refractivity contribution < 1.29 is 0 Å². The largest absolute Gasteiger partial charge is 0.232 e. The van der Waals surface area contributed by atoms with Gasteiger partial charge in [-0.05, 0) is 30.7 Å². The highest BCUT2D eigenvalue weighted by molar-refractivity contribution is 9.09. The molecular formula is C13H16BrN2. The number of halogens is 1. The lowest BCUT2D eigenvalue weighted by Crippen LogP contribution is -2.31. The average molecular weight is 280 g/mol.